The van der Waals surface area contributed by atoms with E-state index in [1.807, 2.05) is 0 Å². The third-order valence-electron chi connectivity index (χ3n) is 6.51. The van der Waals surface area contributed by atoms with Crippen molar-refractivity contribution < 1.29 is 40.2 Å². The summed E-state index contributed by atoms with van der Waals surface area (Å²) in [6.07, 6.45) is -1.30. The standard InChI is InChI=1S/C19H22FNO5S.C13H17F3/c1-5-26-18-8-13(20)6-7-17(18)19(12(2)22)21-14-9-15(25-3)11-16(10-14)27(4,23)24;1-9(2)4-5-11-6-7-12(8-10(11)3)13(14,15)16/h6-11,19,21H,5H2,1-4H3;6-9H,4-5H2,1-3H3. The van der Waals surface area contributed by atoms with Crippen molar-refractivity contribution in [1.82, 2.24) is 0 Å². The number of hydrogen-bond donors (Lipinski definition) is 1. The number of anilines is 1. The number of hydrogen-bond acceptors (Lipinski definition) is 6. The first-order valence-electron chi connectivity index (χ1n) is 13.7. The van der Waals surface area contributed by atoms with Crippen LogP contribution in [0.5, 0.6) is 11.5 Å². The molecule has 1 atom stereocenters. The fraction of sp³-hybridized carbons (Fsp3) is 0.406. The average Bonchev–Trinajstić information content (AvgIpc) is 2.90. The summed E-state index contributed by atoms with van der Waals surface area (Å²) < 4.78 is 85.2. The fourth-order valence-corrected chi connectivity index (χ4v) is 4.85. The van der Waals surface area contributed by atoms with E-state index in [1.165, 1.54) is 56.5 Å². The number of nitrogens with one attached hydrogen (secondary N) is 1. The smallest absolute Gasteiger partial charge is 0.416 e. The van der Waals surface area contributed by atoms with Crippen molar-refractivity contribution in [2.24, 2.45) is 5.92 Å². The minimum atomic E-state index is -4.23. The van der Waals surface area contributed by atoms with Gasteiger partial charge in [-0.05, 0) is 87.1 Å². The molecule has 0 amide bonds. The van der Waals surface area contributed by atoms with Crippen molar-refractivity contribution in [3.05, 3.63) is 82.7 Å². The first-order chi connectivity index (χ1) is 20.0. The van der Waals surface area contributed by atoms with E-state index in [-0.39, 0.29) is 16.4 Å². The van der Waals surface area contributed by atoms with Crippen LogP contribution in [0.3, 0.4) is 0 Å². The van der Waals surface area contributed by atoms with E-state index in [4.69, 9.17) is 9.47 Å². The monoisotopic (exact) mass is 625 g/mol. The zero-order valence-electron chi connectivity index (χ0n) is 25.4. The summed E-state index contributed by atoms with van der Waals surface area (Å²) in [4.78, 5) is 12.3. The van der Waals surface area contributed by atoms with Gasteiger partial charge in [-0.15, -0.1) is 0 Å². The molecule has 6 nitrogen and oxygen atoms in total. The molecule has 0 spiro atoms. The Morgan fingerprint density at radius 1 is 1.02 bits per heavy atom. The average molecular weight is 626 g/mol. The van der Waals surface area contributed by atoms with Crippen molar-refractivity contribution in [3.8, 4) is 11.5 Å². The number of benzene rings is 3. The van der Waals surface area contributed by atoms with Gasteiger partial charge in [0.2, 0.25) is 0 Å². The van der Waals surface area contributed by atoms with Crippen molar-refractivity contribution in [3.63, 3.8) is 0 Å². The van der Waals surface area contributed by atoms with E-state index in [0.29, 0.717) is 29.5 Å². The minimum Gasteiger partial charge on any atom is -0.497 e. The van der Waals surface area contributed by atoms with E-state index < -0.39 is 33.4 Å². The number of rotatable bonds is 11. The van der Waals surface area contributed by atoms with Gasteiger partial charge in [-0.2, -0.15) is 13.2 Å². The number of carbonyl (C=O) groups excluding carboxylic acids is 1. The second-order valence-electron chi connectivity index (χ2n) is 10.5. The number of ether oxygens (including phenoxy) is 2. The van der Waals surface area contributed by atoms with E-state index in [0.717, 1.165) is 30.2 Å². The van der Waals surface area contributed by atoms with Gasteiger partial charge in [0.25, 0.3) is 0 Å². The third-order valence-corrected chi connectivity index (χ3v) is 7.60. The summed E-state index contributed by atoms with van der Waals surface area (Å²) >= 11 is 0. The molecule has 0 fully saturated rings. The van der Waals surface area contributed by atoms with Gasteiger partial charge >= 0.3 is 6.18 Å². The molecule has 0 heterocycles. The number of carbonyl (C=O) groups is 1. The van der Waals surface area contributed by atoms with Crippen LogP contribution in [0.15, 0.2) is 59.5 Å². The quantitative estimate of drug-likeness (QED) is 0.218. The van der Waals surface area contributed by atoms with E-state index in [1.54, 1.807) is 26.0 Å². The van der Waals surface area contributed by atoms with Crippen molar-refractivity contribution >= 4 is 21.3 Å². The number of alkyl halides is 3. The van der Waals surface area contributed by atoms with Gasteiger partial charge in [0.1, 0.15) is 23.4 Å². The maximum atomic E-state index is 13.6. The summed E-state index contributed by atoms with van der Waals surface area (Å²) in [6.45, 7) is 9.40. The van der Waals surface area contributed by atoms with E-state index in [9.17, 15) is 30.8 Å². The molecular weight excluding hydrogens is 586 g/mol. The molecule has 3 aromatic rings. The SMILES string of the molecule is CCOc1cc(F)ccc1C(Nc1cc(OC)cc(S(C)(=O)=O)c1)C(C)=O.Cc1cc(C(F)(F)F)ccc1CCC(C)C. The number of methoxy groups -OCH3 is 1. The molecule has 0 saturated carbocycles. The molecule has 0 saturated heterocycles. The molecule has 3 rings (SSSR count). The fourth-order valence-electron chi connectivity index (χ4n) is 4.18. The Labute approximate surface area is 251 Å². The van der Waals surface area contributed by atoms with Gasteiger partial charge in [0.15, 0.2) is 15.6 Å². The maximum absolute atomic E-state index is 13.6. The lowest BCUT2D eigenvalue weighted by Gasteiger charge is -2.21. The van der Waals surface area contributed by atoms with Crippen LogP contribution in [0.1, 0.15) is 62.4 Å². The summed E-state index contributed by atoms with van der Waals surface area (Å²) in [7, 11) is -2.06. The van der Waals surface area contributed by atoms with Crippen LogP contribution in [0, 0.1) is 18.7 Å². The molecule has 43 heavy (non-hydrogen) atoms. The van der Waals surface area contributed by atoms with Gasteiger partial charge in [0, 0.05) is 29.6 Å². The Balaban J connectivity index is 0.000000344. The van der Waals surface area contributed by atoms with Gasteiger partial charge in [0.05, 0.1) is 24.2 Å². The minimum absolute atomic E-state index is 0.0517. The maximum Gasteiger partial charge on any atom is 0.416 e. The highest BCUT2D eigenvalue weighted by Gasteiger charge is 2.30. The highest BCUT2D eigenvalue weighted by molar-refractivity contribution is 7.90. The molecule has 0 aliphatic heterocycles. The number of Topliss-reactive ketones (excluding diaryl/α,β-unsaturated/α-hetero) is 1. The van der Waals surface area contributed by atoms with Crippen LogP contribution in [0.25, 0.3) is 0 Å². The molecule has 236 valence electrons. The van der Waals surface area contributed by atoms with Crippen molar-refractivity contribution in [1.29, 1.82) is 0 Å². The van der Waals surface area contributed by atoms with Crippen LogP contribution >= 0.6 is 0 Å². The Hall–Kier alpha value is -3.60. The molecule has 11 heteroatoms. The lowest BCUT2D eigenvalue weighted by atomic mass is 9.97. The van der Waals surface area contributed by atoms with Gasteiger partial charge < -0.3 is 14.8 Å². The highest BCUT2D eigenvalue weighted by Crippen LogP contribution is 2.33. The van der Waals surface area contributed by atoms with Crippen LogP contribution in [0.4, 0.5) is 23.2 Å². The number of ketones is 1. The Morgan fingerprint density at radius 3 is 2.21 bits per heavy atom. The lowest BCUT2D eigenvalue weighted by Crippen LogP contribution is -2.20. The second-order valence-corrected chi connectivity index (χ2v) is 12.6. The van der Waals surface area contributed by atoms with Gasteiger partial charge in [-0.3, -0.25) is 4.79 Å². The van der Waals surface area contributed by atoms with Crippen LogP contribution in [-0.2, 0) is 27.2 Å². The summed E-state index contributed by atoms with van der Waals surface area (Å²) in [5.41, 5.74) is 2.02. The summed E-state index contributed by atoms with van der Waals surface area (Å²) in [6, 6.07) is 11.5. The largest absolute Gasteiger partial charge is 0.497 e. The van der Waals surface area contributed by atoms with Crippen molar-refractivity contribution in [2.75, 3.05) is 25.3 Å². The zero-order chi connectivity index (χ0) is 32.5. The third kappa shape index (κ3) is 10.9. The topological polar surface area (TPSA) is 81.7 Å². The predicted octanol–water partition coefficient (Wildman–Crippen LogP) is 7.98. The number of halogens is 4. The summed E-state index contributed by atoms with van der Waals surface area (Å²) in [5, 5.41) is 3.00. The Morgan fingerprint density at radius 2 is 1.70 bits per heavy atom. The van der Waals surface area contributed by atoms with Crippen LogP contribution in [0.2, 0.25) is 0 Å². The predicted molar refractivity (Wildman–Crippen MR) is 160 cm³/mol. The molecule has 1 N–H and O–H groups in total. The number of aryl methyl sites for hydroxylation is 2. The molecule has 0 radical (unpaired) electrons. The first-order valence-corrected chi connectivity index (χ1v) is 15.6. The zero-order valence-corrected chi connectivity index (χ0v) is 26.3. The van der Waals surface area contributed by atoms with Crippen LogP contribution in [-0.4, -0.2) is 34.2 Å². The number of sulfone groups is 1. The van der Waals surface area contributed by atoms with E-state index in [2.05, 4.69) is 19.2 Å². The van der Waals surface area contributed by atoms with Crippen LogP contribution < -0.4 is 14.8 Å². The molecule has 0 aromatic heterocycles. The molecule has 1 unspecified atom stereocenters. The first kappa shape index (κ1) is 35.6. The van der Waals surface area contributed by atoms with E-state index >= 15 is 0 Å². The molecule has 0 aliphatic carbocycles. The molecule has 3 aromatic carbocycles. The molecule has 0 bridgehead atoms. The second kappa shape index (κ2) is 15.2. The lowest BCUT2D eigenvalue weighted by molar-refractivity contribution is -0.137. The highest BCUT2D eigenvalue weighted by atomic mass is 32.2. The van der Waals surface area contributed by atoms with Gasteiger partial charge in [-0.1, -0.05) is 19.9 Å². The summed E-state index contributed by atoms with van der Waals surface area (Å²) in [5.74, 6) is 0.418. The van der Waals surface area contributed by atoms with Gasteiger partial charge in [-0.25, -0.2) is 12.8 Å². The molecule has 0 aliphatic rings. The molecular formula is C32H39F4NO5S. The Kier molecular flexibility index (Phi) is 12.6. The van der Waals surface area contributed by atoms with Crippen molar-refractivity contribution in [2.45, 2.75) is 64.6 Å². The Bertz CT molecular complexity index is 1500. The normalized spacial score (nSPS) is 12.3.